The third-order valence-corrected chi connectivity index (χ3v) is 12.8. The summed E-state index contributed by atoms with van der Waals surface area (Å²) in [5.74, 6) is -0.917. The smallest absolute Gasteiger partial charge is 0.306 e. The molecule has 0 heterocycles. The number of hydrogen-bond acceptors (Lipinski definition) is 6. The van der Waals surface area contributed by atoms with Crippen LogP contribution in [0, 0.1) is 0 Å². The number of carbonyl (C=O) groups excluding carboxylic acids is 3. The maximum absolute atomic E-state index is 12.8. The van der Waals surface area contributed by atoms with E-state index < -0.39 is 6.10 Å². The molecule has 6 heteroatoms. The lowest BCUT2D eigenvalue weighted by Gasteiger charge is -2.18. The zero-order valence-electron chi connectivity index (χ0n) is 47.6. The van der Waals surface area contributed by atoms with Gasteiger partial charge in [0, 0.05) is 19.3 Å². The van der Waals surface area contributed by atoms with E-state index in [0.717, 1.165) is 128 Å². The molecule has 0 bridgehead atoms. The highest BCUT2D eigenvalue weighted by Gasteiger charge is 2.19. The molecule has 0 saturated heterocycles. The number of allylic oxidation sites excluding steroid dienone is 18. The first-order chi connectivity index (χ1) is 36.0. The quantitative estimate of drug-likeness (QED) is 0.0261. The zero-order chi connectivity index (χ0) is 52.9. The summed E-state index contributed by atoms with van der Waals surface area (Å²) in [5.41, 5.74) is 0. The molecule has 0 aromatic heterocycles. The molecule has 0 saturated carbocycles. The molecule has 416 valence electrons. The van der Waals surface area contributed by atoms with Gasteiger partial charge in [-0.3, -0.25) is 14.4 Å². The van der Waals surface area contributed by atoms with E-state index in [1.807, 2.05) is 0 Å². The molecule has 0 aliphatic rings. The van der Waals surface area contributed by atoms with Crippen LogP contribution in [-0.4, -0.2) is 37.2 Å². The molecule has 1 atom stereocenters. The highest BCUT2D eigenvalue weighted by atomic mass is 16.6. The Balaban J connectivity index is 4.14. The molecule has 0 radical (unpaired) electrons. The molecule has 0 amide bonds. The van der Waals surface area contributed by atoms with Crippen LogP contribution in [0.1, 0.15) is 278 Å². The van der Waals surface area contributed by atoms with Gasteiger partial charge in [0.2, 0.25) is 0 Å². The zero-order valence-corrected chi connectivity index (χ0v) is 47.6. The van der Waals surface area contributed by atoms with Crippen molar-refractivity contribution in [3.05, 3.63) is 109 Å². The lowest BCUT2D eigenvalue weighted by atomic mass is 10.0. The second-order valence-electron chi connectivity index (χ2n) is 19.9. The number of carbonyl (C=O) groups is 3. The summed E-state index contributed by atoms with van der Waals surface area (Å²) in [5, 5.41) is 0. The van der Waals surface area contributed by atoms with Crippen LogP contribution in [-0.2, 0) is 28.6 Å². The topological polar surface area (TPSA) is 78.9 Å². The van der Waals surface area contributed by atoms with Crippen LogP contribution < -0.4 is 0 Å². The van der Waals surface area contributed by atoms with Gasteiger partial charge in [-0.2, -0.15) is 0 Å². The van der Waals surface area contributed by atoms with Gasteiger partial charge >= 0.3 is 17.9 Å². The van der Waals surface area contributed by atoms with Crippen molar-refractivity contribution < 1.29 is 28.6 Å². The maximum atomic E-state index is 12.8. The van der Waals surface area contributed by atoms with Crippen LogP contribution in [0.25, 0.3) is 0 Å². The lowest BCUT2D eigenvalue weighted by Crippen LogP contribution is -2.30. The normalized spacial score (nSPS) is 12.9. The van der Waals surface area contributed by atoms with Gasteiger partial charge in [0.05, 0.1) is 0 Å². The molecule has 1 unspecified atom stereocenters. The second kappa shape index (κ2) is 60.6. The minimum atomic E-state index is -0.785. The highest BCUT2D eigenvalue weighted by molar-refractivity contribution is 5.71. The molecular weight excluding hydrogens is 901 g/mol. The largest absolute Gasteiger partial charge is 0.462 e. The van der Waals surface area contributed by atoms with Crippen LogP contribution in [0.5, 0.6) is 0 Å². The molecular formula is C67H112O6. The van der Waals surface area contributed by atoms with Crippen LogP contribution in [0.3, 0.4) is 0 Å². The molecule has 0 aliphatic heterocycles. The first kappa shape index (κ1) is 69.1. The molecule has 0 aliphatic carbocycles. The molecule has 0 fully saturated rings. The van der Waals surface area contributed by atoms with Crippen LogP contribution in [0.2, 0.25) is 0 Å². The number of hydrogen-bond donors (Lipinski definition) is 0. The highest BCUT2D eigenvalue weighted by Crippen LogP contribution is 2.15. The van der Waals surface area contributed by atoms with Gasteiger partial charge in [-0.25, -0.2) is 0 Å². The van der Waals surface area contributed by atoms with Crippen molar-refractivity contribution in [2.75, 3.05) is 13.2 Å². The van der Waals surface area contributed by atoms with Gasteiger partial charge in [0.15, 0.2) is 6.10 Å². The van der Waals surface area contributed by atoms with Crippen LogP contribution in [0.4, 0.5) is 0 Å². The van der Waals surface area contributed by atoms with Crippen molar-refractivity contribution in [2.45, 2.75) is 284 Å². The lowest BCUT2D eigenvalue weighted by molar-refractivity contribution is -0.167. The van der Waals surface area contributed by atoms with E-state index in [1.165, 1.54) is 109 Å². The van der Waals surface area contributed by atoms with Gasteiger partial charge in [-0.05, 0) is 109 Å². The van der Waals surface area contributed by atoms with E-state index in [0.29, 0.717) is 19.3 Å². The summed E-state index contributed by atoms with van der Waals surface area (Å²) in [4.78, 5) is 37.9. The van der Waals surface area contributed by atoms with Crippen molar-refractivity contribution in [1.29, 1.82) is 0 Å². The minimum Gasteiger partial charge on any atom is -0.462 e. The van der Waals surface area contributed by atoms with E-state index in [1.54, 1.807) is 0 Å². The van der Waals surface area contributed by atoms with Crippen molar-refractivity contribution in [2.24, 2.45) is 0 Å². The van der Waals surface area contributed by atoms with Crippen molar-refractivity contribution in [1.82, 2.24) is 0 Å². The first-order valence-corrected chi connectivity index (χ1v) is 30.4. The number of rotatable bonds is 54. The fraction of sp³-hybridized carbons (Fsp3) is 0.687. The molecule has 0 rings (SSSR count). The average molecular weight is 1010 g/mol. The van der Waals surface area contributed by atoms with E-state index in [9.17, 15) is 14.4 Å². The summed E-state index contributed by atoms with van der Waals surface area (Å²) < 4.78 is 16.7. The molecule has 0 aromatic carbocycles. The summed E-state index contributed by atoms with van der Waals surface area (Å²) >= 11 is 0. The molecule has 6 nitrogen and oxygen atoms in total. The van der Waals surface area contributed by atoms with Gasteiger partial charge in [0.1, 0.15) is 13.2 Å². The first-order valence-electron chi connectivity index (χ1n) is 30.4. The Morgan fingerprint density at radius 2 is 0.534 bits per heavy atom. The summed E-state index contributed by atoms with van der Waals surface area (Å²) in [6.45, 7) is 6.42. The Bertz CT molecular complexity index is 1490. The Morgan fingerprint density at radius 3 is 0.836 bits per heavy atom. The Labute approximate surface area is 450 Å². The van der Waals surface area contributed by atoms with Gasteiger partial charge in [-0.1, -0.05) is 259 Å². The van der Waals surface area contributed by atoms with E-state index in [-0.39, 0.29) is 31.1 Å². The third kappa shape index (κ3) is 58.8. The molecule has 0 aromatic rings. The molecule has 0 spiro atoms. The summed E-state index contributed by atoms with van der Waals surface area (Å²) in [6, 6.07) is 0. The minimum absolute atomic E-state index is 0.0860. The van der Waals surface area contributed by atoms with Gasteiger partial charge < -0.3 is 14.2 Å². The Morgan fingerprint density at radius 1 is 0.288 bits per heavy atom. The fourth-order valence-corrected chi connectivity index (χ4v) is 8.22. The van der Waals surface area contributed by atoms with Crippen LogP contribution >= 0.6 is 0 Å². The second-order valence-corrected chi connectivity index (χ2v) is 19.9. The Hall–Kier alpha value is -3.93. The van der Waals surface area contributed by atoms with E-state index >= 15 is 0 Å². The van der Waals surface area contributed by atoms with Gasteiger partial charge in [-0.15, -0.1) is 0 Å². The van der Waals surface area contributed by atoms with Crippen LogP contribution in [0.15, 0.2) is 109 Å². The van der Waals surface area contributed by atoms with Crippen molar-refractivity contribution in [3.8, 4) is 0 Å². The molecule has 0 N–H and O–H groups in total. The monoisotopic (exact) mass is 1010 g/mol. The van der Waals surface area contributed by atoms with E-state index in [4.69, 9.17) is 14.2 Å². The van der Waals surface area contributed by atoms with Gasteiger partial charge in [0.25, 0.3) is 0 Å². The fourth-order valence-electron chi connectivity index (χ4n) is 8.22. The molecule has 73 heavy (non-hydrogen) atoms. The Kier molecular flexibility index (Phi) is 57.4. The van der Waals surface area contributed by atoms with Crippen molar-refractivity contribution in [3.63, 3.8) is 0 Å². The number of esters is 3. The van der Waals surface area contributed by atoms with Crippen molar-refractivity contribution >= 4 is 17.9 Å². The number of ether oxygens (including phenoxy) is 3. The maximum Gasteiger partial charge on any atom is 0.306 e. The predicted molar refractivity (Wildman–Crippen MR) is 316 cm³/mol. The summed E-state index contributed by atoms with van der Waals surface area (Å²) in [6.07, 6.45) is 82.7. The SMILES string of the molecule is CC/C=C\C/C=C\C/C=C\C/C=C\C/C=C\C/C=C\CCCCCCCCC(=O)OCC(COC(=O)CCCCCCC)OC(=O)CCCCCCCCCCCC/C=C\C/C=C\C/C=C\CCCCCCC. The summed E-state index contributed by atoms with van der Waals surface area (Å²) in [7, 11) is 0. The average Bonchev–Trinajstić information content (AvgIpc) is 3.39. The number of unbranched alkanes of at least 4 members (excludes halogenated alkanes) is 25. The third-order valence-electron chi connectivity index (χ3n) is 12.8. The standard InChI is InChI=1S/C67H112O6/c1-4-7-10-13-15-17-19-21-23-25-27-29-31-33-35-37-39-41-43-45-47-49-51-54-57-60-66(69)72-63-64(62-71-65(68)59-56-53-12-9-6-3)73-67(70)61-58-55-52-50-48-46-44-42-40-38-36-34-32-30-28-26-24-22-20-18-16-14-11-8-5-2/h7,10,15,17,20-23,26-29,32-35,39,41,64H,4-6,8-9,11-14,16,18-19,24-25,30-31,36-38,40,42-63H2,1-3H3/b10-7-,17-15-,22-20-,23-21-,28-26-,29-27-,34-32-,35-33-,41-39-. The predicted octanol–water partition coefficient (Wildman–Crippen LogP) is 20.7. The van der Waals surface area contributed by atoms with E-state index in [2.05, 4.69) is 130 Å².